The number of fused-ring (bicyclic) bond motifs is 1. The van der Waals surface area contributed by atoms with Crippen LogP contribution in [0.1, 0.15) is 62.4 Å². The summed E-state index contributed by atoms with van der Waals surface area (Å²) < 4.78 is 24.6. The summed E-state index contributed by atoms with van der Waals surface area (Å²) >= 11 is 0. The van der Waals surface area contributed by atoms with E-state index in [4.69, 9.17) is 20.9 Å². The molecule has 1 aromatic heterocycles. The van der Waals surface area contributed by atoms with Gasteiger partial charge in [0, 0.05) is 10.8 Å². The molecular weight excluding hydrogens is 353 g/mol. The number of anilines is 2. The standard InChI is InChI=1S/C19H24FN3O4/c1-18(2,3)26-16(24)13-9-8-12(21)11(20)7-10(9)15(22)23-14(13)17(25)27-19(4,5)6/h7-8H,21H2,1-6H3,(H2,22,23). The molecule has 0 saturated heterocycles. The van der Waals surface area contributed by atoms with Gasteiger partial charge in [0.1, 0.15) is 28.4 Å². The van der Waals surface area contributed by atoms with Crippen molar-refractivity contribution >= 4 is 34.2 Å². The molecule has 7 nitrogen and oxygen atoms in total. The fourth-order valence-corrected chi connectivity index (χ4v) is 2.38. The molecule has 2 rings (SSSR count). The first-order valence-electron chi connectivity index (χ1n) is 8.34. The summed E-state index contributed by atoms with van der Waals surface area (Å²) in [4.78, 5) is 29.5. The second-order valence-electron chi connectivity index (χ2n) is 8.14. The number of ether oxygens (including phenoxy) is 2. The molecular formula is C19H24FN3O4. The first kappa shape index (κ1) is 20.4. The Labute approximate surface area is 156 Å². The highest BCUT2D eigenvalue weighted by molar-refractivity contribution is 6.14. The van der Waals surface area contributed by atoms with E-state index in [1.807, 2.05) is 0 Å². The van der Waals surface area contributed by atoms with Crippen molar-refractivity contribution in [2.45, 2.75) is 52.7 Å². The number of esters is 2. The lowest BCUT2D eigenvalue weighted by molar-refractivity contribution is 0.00154. The van der Waals surface area contributed by atoms with Crippen LogP contribution in [-0.4, -0.2) is 28.1 Å². The molecule has 8 heteroatoms. The van der Waals surface area contributed by atoms with Gasteiger partial charge >= 0.3 is 11.9 Å². The number of carbonyl (C=O) groups is 2. The normalized spacial score (nSPS) is 12.1. The van der Waals surface area contributed by atoms with Crippen LogP contribution in [0.2, 0.25) is 0 Å². The monoisotopic (exact) mass is 377 g/mol. The molecule has 0 bridgehead atoms. The lowest BCUT2D eigenvalue weighted by Crippen LogP contribution is -2.29. The Morgan fingerprint density at radius 3 is 1.96 bits per heavy atom. The molecule has 0 fully saturated rings. The Morgan fingerprint density at radius 2 is 1.44 bits per heavy atom. The Balaban J connectivity index is 2.81. The van der Waals surface area contributed by atoms with Gasteiger partial charge in [-0.15, -0.1) is 0 Å². The Hall–Kier alpha value is -2.90. The first-order valence-corrected chi connectivity index (χ1v) is 8.34. The maximum atomic E-state index is 13.9. The number of halogens is 1. The van der Waals surface area contributed by atoms with Crippen LogP contribution < -0.4 is 11.5 Å². The number of hydrogen-bond acceptors (Lipinski definition) is 7. The van der Waals surface area contributed by atoms with Gasteiger partial charge in [0.05, 0.1) is 5.69 Å². The summed E-state index contributed by atoms with van der Waals surface area (Å²) in [5.74, 6) is -2.50. The van der Waals surface area contributed by atoms with Gasteiger partial charge in [0.2, 0.25) is 0 Å². The quantitative estimate of drug-likeness (QED) is 0.608. The van der Waals surface area contributed by atoms with Crippen LogP contribution in [0.5, 0.6) is 0 Å². The van der Waals surface area contributed by atoms with Crippen LogP contribution >= 0.6 is 0 Å². The summed E-state index contributed by atoms with van der Waals surface area (Å²) in [5, 5.41) is 0.311. The molecule has 1 aromatic carbocycles. The predicted octanol–water partition coefficient (Wildman–Crippen LogP) is 3.45. The molecule has 0 radical (unpaired) electrons. The van der Waals surface area contributed by atoms with Gasteiger partial charge in [-0.3, -0.25) is 0 Å². The third kappa shape index (κ3) is 4.64. The van der Waals surface area contributed by atoms with Gasteiger partial charge in [-0.25, -0.2) is 19.0 Å². The van der Waals surface area contributed by atoms with Crippen molar-refractivity contribution in [3.63, 3.8) is 0 Å². The first-order chi connectivity index (χ1) is 12.2. The smallest absolute Gasteiger partial charge is 0.358 e. The van der Waals surface area contributed by atoms with Crippen LogP contribution in [0, 0.1) is 5.82 Å². The molecule has 0 aliphatic rings. The van der Waals surface area contributed by atoms with Crippen molar-refractivity contribution < 1.29 is 23.5 Å². The zero-order chi connectivity index (χ0) is 20.7. The van der Waals surface area contributed by atoms with E-state index in [-0.39, 0.29) is 33.5 Å². The number of nitrogens with zero attached hydrogens (tertiary/aromatic N) is 1. The van der Waals surface area contributed by atoms with E-state index in [2.05, 4.69) is 4.98 Å². The van der Waals surface area contributed by atoms with E-state index in [1.165, 1.54) is 6.07 Å². The number of rotatable bonds is 2. The molecule has 0 aliphatic carbocycles. The molecule has 1 heterocycles. The molecule has 27 heavy (non-hydrogen) atoms. The second-order valence-corrected chi connectivity index (χ2v) is 8.14. The molecule has 0 atom stereocenters. The number of hydrogen-bond donors (Lipinski definition) is 2. The third-order valence-electron chi connectivity index (χ3n) is 3.35. The second kappa shape index (κ2) is 6.68. The van der Waals surface area contributed by atoms with Gasteiger partial charge in [-0.1, -0.05) is 0 Å². The van der Waals surface area contributed by atoms with Crippen molar-refractivity contribution in [2.24, 2.45) is 0 Å². The van der Waals surface area contributed by atoms with Gasteiger partial charge in [-0.05, 0) is 53.7 Å². The third-order valence-corrected chi connectivity index (χ3v) is 3.35. The fraction of sp³-hybridized carbons (Fsp3) is 0.421. The lowest BCUT2D eigenvalue weighted by Gasteiger charge is -2.23. The minimum absolute atomic E-state index is 0.128. The van der Waals surface area contributed by atoms with Gasteiger partial charge in [0.25, 0.3) is 0 Å². The minimum Gasteiger partial charge on any atom is -0.456 e. The Bertz CT molecular complexity index is 927. The highest BCUT2D eigenvalue weighted by Gasteiger charge is 2.31. The summed E-state index contributed by atoms with van der Waals surface area (Å²) in [6.45, 7) is 10.1. The topological polar surface area (TPSA) is 118 Å². The van der Waals surface area contributed by atoms with E-state index in [9.17, 15) is 14.0 Å². The maximum absolute atomic E-state index is 13.9. The Morgan fingerprint density at radius 1 is 0.926 bits per heavy atom. The van der Waals surface area contributed by atoms with Gasteiger partial charge in [0.15, 0.2) is 5.69 Å². The number of nitrogen functional groups attached to an aromatic ring is 2. The molecule has 146 valence electrons. The zero-order valence-electron chi connectivity index (χ0n) is 16.3. The summed E-state index contributed by atoms with van der Waals surface area (Å²) in [6, 6.07) is 2.30. The van der Waals surface area contributed by atoms with Crippen molar-refractivity contribution in [1.29, 1.82) is 0 Å². The van der Waals surface area contributed by atoms with Crippen molar-refractivity contribution in [1.82, 2.24) is 4.98 Å². The number of pyridine rings is 1. The molecule has 0 unspecified atom stereocenters. The van der Waals surface area contributed by atoms with Crippen molar-refractivity contribution in [2.75, 3.05) is 11.5 Å². The van der Waals surface area contributed by atoms with Crippen LogP contribution in [0.4, 0.5) is 15.9 Å². The fourth-order valence-electron chi connectivity index (χ4n) is 2.38. The van der Waals surface area contributed by atoms with E-state index >= 15 is 0 Å². The average molecular weight is 377 g/mol. The SMILES string of the molecule is CC(C)(C)OC(=O)c1nc(N)c2cc(F)c(N)cc2c1C(=O)OC(C)(C)C. The van der Waals surface area contributed by atoms with Gasteiger partial charge < -0.3 is 20.9 Å². The largest absolute Gasteiger partial charge is 0.456 e. The maximum Gasteiger partial charge on any atom is 0.358 e. The molecule has 0 spiro atoms. The van der Waals surface area contributed by atoms with Crippen molar-refractivity contribution in [3.8, 4) is 0 Å². The van der Waals surface area contributed by atoms with Crippen LogP contribution in [0.25, 0.3) is 10.8 Å². The number of nitrogens with two attached hydrogens (primary N) is 2. The zero-order valence-corrected chi connectivity index (χ0v) is 16.3. The van der Waals surface area contributed by atoms with E-state index in [0.717, 1.165) is 6.07 Å². The molecule has 0 amide bonds. The molecule has 4 N–H and O–H groups in total. The Kier molecular flexibility index (Phi) is 5.05. The number of aromatic nitrogens is 1. The van der Waals surface area contributed by atoms with E-state index in [1.54, 1.807) is 41.5 Å². The summed E-state index contributed by atoms with van der Waals surface area (Å²) in [5.41, 5.74) is 9.21. The van der Waals surface area contributed by atoms with E-state index < -0.39 is 29.0 Å². The van der Waals surface area contributed by atoms with E-state index in [0.29, 0.717) is 0 Å². The highest BCUT2D eigenvalue weighted by Crippen LogP contribution is 2.31. The van der Waals surface area contributed by atoms with Gasteiger partial charge in [-0.2, -0.15) is 0 Å². The molecule has 0 aliphatic heterocycles. The van der Waals surface area contributed by atoms with Crippen molar-refractivity contribution in [3.05, 3.63) is 29.2 Å². The molecule has 0 saturated carbocycles. The van der Waals surface area contributed by atoms with Crippen LogP contribution in [0.15, 0.2) is 12.1 Å². The van der Waals surface area contributed by atoms with Crippen LogP contribution in [0.3, 0.4) is 0 Å². The predicted molar refractivity (Wildman–Crippen MR) is 101 cm³/mol. The molecule has 2 aromatic rings. The summed E-state index contributed by atoms with van der Waals surface area (Å²) in [6.07, 6.45) is 0. The summed E-state index contributed by atoms with van der Waals surface area (Å²) in [7, 11) is 0. The average Bonchev–Trinajstić information content (AvgIpc) is 2.45. The minimum atomic E-state index is -0.847. The lowest BCUT2D eigenvalue weighted by atomic mass is 10.0. The highest BCUT2D eigenvalue weighted by atomic mass is 19.1. The van der Waals surface area contributed by atoms with Crippen LogP contribution in [-0.2, 0) is 9.47 Å². The number of benzene rings is 1. The number of carbonyl (C=O) groups excluding carboxylic acids is 2.